The Kier molecular flexibility index (Phi) is 6.54. The number of thioether (sulfide) groups is 1. The number of nitrogens with one attached hydrogen (secondary N) is 1. The zero-order valence-electron chi connectivity index (χ0n) is 11.4. The molecule has 0 unspecified atom stereocenters. The highest BCUT2D eigenvalue weighted by Crippen LogP contribution is 2.21. The lowest BCUT2D eigenvalue weighted by molar-refractivity contribution is -0.140. The third kappa shape index (κ3) is 4.96. The Bertz CT molecular complexity index is 540. The summed E-state index contributed by atoms with van der Waals surface area (Å²) in [4.78, 5) is 22.7. The molecule has 0 bridgehead atoms. The van der Waals surface area contributed by atoms with E-state index in [0.29, 0.717) is 5.75 Å². The van der Waals surface area contributed by atoms with E-state index in [-0.39, 0.29) is 6.42 Å². The molecule has 0 fully saturated rings. The Labute approximate surface area is 124 Å². The lowest BCUT2D eigenvalue weighted by atomic mass is 10.2. The van der Waals surface area contributed by atoms with Gasteiger partial charge in [-0.25, -0.2) is 13.2 Å². The van der Waals surface area contributed by atoms with Gasteiger partial charge in [-0.3, -0.25) is 9.59 Å². The quantitative estimate of drug-likeness (QED) is 0.646. The van der Waals surface area contributed by atoms with Crippen molar-refractivity contribution in [3.63, 3.8) is 0 Å². The number of anilines is 1. The fourth-order valence-electron chi connectivity index (χ4n) is 1.35. The summed E-state index contributed by atoms with van der Waals surface area (Å²) in [6, 6.07) is 1.67. The lowest BCUT2D eigenvalue weighted by Gasteiger charge is -2.12. The number of esters is 1. The fourth-order valence-corrected chi connectivity index (χ4v) is 2.20. The summed E-state index contributed by atoms with van der Waals surface area (Å²) in [5, 5.41) is 1.58. The molecule has 0 saturated carbocycles. The van der Waals surface area contributed by atoms with E-state index in [1.165, 1.54) is 7.11 Å². The van der Waals surface area contributed by atoms with Crippen LogP contribution in [0.25, 0.3) is 0 Å². The molecule has 1 rings (SSSR count). The largest absolute Gasteiger partial charge is 0.469 e. The molecule has 1 aromatic rings. The second kappa shape index (κ2) is 7.92. The number of hydrogen-bond donors (Lipinski definition) is 1. The highest BCUT2D eigenvalue weighted by atomic mass is 32.2. The van der Waals surface area contributed by atoms with Gasteiger partial charge in [-0.1, -0.05) is 0 Å². The Balaban J connectivity index is 2.57. The van der Waals surface area contributed by atoms with Crippen LogP contribution in [-0.2, 0) is 14.3 Å². The number of carbonyl (C=O) groups is 2. The molecule has 0 aliphatic rings. The minimum Gasteiger partial charge on any atom is -0.469 e. The van der Waals surface area contributed by atoms with E-state index in [1.807, 2.05) is 0 Å². The van der Waals surface area contributed by atoms with Gasteiger partial charge in [-0.05, 0) is 19.1 Å². The number of carbonyl (C=O) groups excluding carboxylic acids is 2. The molecule has 1 aromatic carbocycles. The van der Waals surface area contributed by atoms with Crippen molar-refractivity contribution in [1.29, 1.82) is 0 Å². The first-order valence-corrected chi connectivity index (χ1v) is 7.04. The smallest absolute Gasteiger partial charge is 0.306 e. The number of rotatable bonds is 6. The number of halogens is 3. The van der Waals surface area contributed by atoms with Crippen molar-refractivity contribution in [2.45, 2.75) is 18.6 Å². The van der Waals surface area contributed by atoms with Gasteiger partial charge in [0.25, 0.3) is 0 Å². The average Bonchev–Trinajstić information content (AvgIpc) is 2.47. The molecule has 1 amide bonds. The Hall–Kier alpha value is -1.70. The number of methoxy groups -OCH3 is 1. The predicted molar refractivity (Wildman–Crippen MR) is 73.5 cm³/mol. The summed E-state index contributed by atoms with van der Waals surface area (Å²) in [6.07, 6.45) is 0.137. The molecule has 21 heavy (non-hydrogen) atoms. The second-order valence-electron chi connectivity index (χ2n) is 4.05. The van der Waals surface area contributed by atoms with E-state index < -0.39 is 40.3 Å². The molecule has 116 valence electrons. The van der Waals surface area contributed by atoms with E-state index in [0.717, 1.165) is 23.9 Å². The van der Waals surface area contributed by atoms with Crippen LogP contribution in [0.1, 0.15) is 13.3 Å². The summed E-state index contributed by atoms with van der Waals surface area (Å²) in [5.74, 6) is -5.04. The highest BCUT2D eigenvalue weighted by Gasteiger charge is 2.19. The first kappa shape index (κ1) is 17.4. The van der Waals surface area contributed by atoms with E-state index in [1.54, 1.807) is 6.92 Å². The van der Waals surface area contributed by atoms with E-state index in [9.17, 15) is 22.8 Å². The van der Waals surface area contributed by atoms with Crippen LogP contribution < -0.4 is 5.32 Å². The second-order valence-corrected chi connectivity index (χ2v) is 5.50. The molecule has 0 saturated heterocycles. The van der Waals surface area contributed by atoms with Gasteiger partial charge in [-0.15, -0.1) is 11.8 Å². The van der Waals surface area contributed by atoms with Gasteiger partial charge >= 0.3 is 5.97 Å². The SMILES string of the molecule is COC(=O)CCS[C@H](C)C(=O)Nc1ccc(F)c(F)c1F. The molecule has 0 spiro atoms. The first-order valence-electron chi connectivity index (χ1n) is 5.99. The topological polar surface area (TPSA) is 55.4 Å². The maximum Gasteiger partial charge on any atom is 0.306 e. The van der Waals surface area contributed by atoms with Gasteiger partial charge in [0.2, 0.25) is 5.91 Å². The van der Waals surface area contributed by atoms with Crippen LogP contribution in [0.15, 0.2) is 12.1 Å². The first-order chi connectivity index (χ1) is 9.86. The Morgan fingerprint density at radius 3 is 2.57 bits per heavy atom. The van der Waals surface area contributed by atoms with Crippen molar-refractivity contribution in [2.24, 2.45) is 0 Å². The van der Waals surface area contributed by atoms with Crippen molar-refractivity contribution >= 4 is 29.3 Å². The van der Waals surface area contributed by atoms with Crippen molar-refractivity contribution in [3.05, 3.63) is 29.6 Å². The molecule has 1 atom stereocenters. The van der Waals surface area contributed by atoms with Crippen LogP contribution in [0.5, 0.6) is 0 Å². The van der Waals surface area contributed by atoms with Crippen LogP contribution >= 0.6 is 11.8 Å². The van der Waals surface area contributed by atoms with E-state index >= 15 is 0 Å². The summed E-state index contributed by atoms with van der Waals surface area (Å²) in [5.41, 5.74) is -0.431. The van der Waals surface area contributed by atoms with Gasteiger partial charge in [0.1, 0.15) is 0 Å². The maximum absolute atomic E-state index is 13.4. The normalized spacial score (nSPS) is 11.9. The maximum atomic E-state index is 13.4. The van der Waals surface area contributed by atoms with Crippen LogP contribution in [0.3, 0.4) is 0 Å². The lowest BCUT2D eigenvalue weighted by Crippen LogP contribution is -2.24. The zero-order chi connectivity index (χ0) is 16.0. The third-order valence-corrected chi connectivity index (χ3v) is 3.72. The zero-order valence-corrected chi connectivity index (χ0v) is 12.2. The molecular formula is C13H14F3NO3S. The molecule has 0 radical (unpaired) electrons. The molecule has 0 aliphatic carbocycles. The molecule has 1 N–H and O–H groups in total. The predicted octanol–water partition coefficient (Wildman–Crippen LogP) is 2.73. The number of hydrogen-bond acceptors (Lipinski definition) is 4. The molecule has 4 nitrogen and oxygen atoms in total. The van der Waals surface area contributed by atoms with E-state index in [4.69, 9.17) is 0 Å². The van der Waals surface area contributed by atoms with Crippen molar-refractivity contribution in [3.8, 4) is 0 Å². The summed E-state index contributed by atoms with van der Waals surface area (Å²) in [7, 11) is 1.26. The van der Waals surface area contributed by atoms with Gasteiger partial charge in [0.05, 0.1) is 24.5 Å². The minimum atomic E-state index is -1.64. The standard InChI is InChI=1S/C13H14F3NO3S/c1-7(21-6-5-10(18)20-2)13(19)17-9-4-3-8(14)11(15)12(9)16/h3-4,7H,5-6H2,1-2H3,(H,17,19)/t7-/m1/s1. The van der Waals surface area contributed by atoms with E-state index in [2.05, 4.69) is 10.1 Å². The third-order valence-electron chi connectivity index (χ3n) is 2.56. The molecule has 8 heteroatoms. The van der Waals surface area contributed by atoms with Crippen LogP contribution in [0.2, 0.25) is 0 Å². The molecule has 0 heterocycles. The molecular weight excluding hydrogens is 307 g/mol. The fraction of sp³-hybridized carbons (Fsp3) is 0.385. The molecule has 0 aliphatic heterocycles. The van der Waals surface area contributed by atoms with Crippen molar-refractivity contribution in [2.75, 3.05) is 18.2 Å². The minimum absolute atomic E-state index is 0.137. The van der Waals surface area contributed by atoms with Crippen LogP contribution in [0, 0.1) is 17.5 Å². The highest BCUT2D eigenvalue weighted by molar-refractivity contribution is 8.00. The van der Waals surface area contributed by atoms with Gasteiger partial charge < -0.3 is 10.1 Å². The van der Waals surface area contributed by atoms with Crippen molar-refractivity contribution in [1.82, 2.24) is 0 Å². The van der Waals surface area contributed by atoms with Crippen LogP contribution in [-0.4, -0.2) is 30.0 Å². The van der Waals surface area contributed by atoms with Gasteiger partial charge in [-0.2, -0.15) is 0 Å². The summed E-state index contributed by atoms with van der Waals surface area (Å²) in [6.45, 7) is 1.55. The average molecular weight is 321 g/mol. The van der Waals surface area contributed by atoms with Gasteiger partial charge in [0.15, 0.2) is 17.5 Å². The van der Waals surface area contributed by atoms with Crippen LogP contribution in [0.4, 0.5) is 18.9 Å². The number of ether oxygens (including phenoxy) is 1. The molecule has 0 aromatic heterocycles. The Morgan fingerprint density at radius 1 is 1.29 bits per heavy atom. The number of benzene rings is 1. The summed E-state index contributed by atoms with van der Waals surface area (Å²) >= 11 is 1.16. The summed E-state index contributed by atoms with van der Waals surface area (Å²) < 4.78 is 43.6. The Morgan fingerprint density at radius 2 is 1.95 bits per heavy atom. The number of amides is 1. The van der Waals surface area contributed by atoms with Gasteiger partial charge in [0, 0.05) is 5.75 Å². The van der Waals surface area contributed by atoms with Crippen molar-refractivity contribution < 1.29 is 27.5 Å². The monoisotopic (exact) mass is 321 g/mol.